The van der Waals surface area contributed by atoms with Crippen LogP contribution in [0.1, 0.15) is 0 Å². The van der Waals surface area contributed by atoms with Crippen LogP contribution in [-0.2, 0) is 0 Å². The van der Waals surface area contributed by atoms with Gasteiger partial charge in [0.25, 0.3) is 5.88 Å². The van der Waals surface area contributed by atoms with Gasteiger partial charge in [-0.25, -0.2) is 4.98 Å². The van der Waals surface area contributed by atoms with Crippen LogP contribution < -0.4 is 14.1 Å². The molecule has 1 aromatic rings. The first kappa shape index (κ1) is 10.5. The van der Waals surface area contributed by atoms with Gasteiger partial charge in [0.2, 0.25) is 0 Å². The lowest BCUT2D eigenvalue weighted by Gasteiger charge is -2.07. The molecule has 0 aromatic carbocycles. The first-order valence-electron chi connectivity index (χ1n) is 3.65. The SMILES string of the molecule is COc1cnc(OB(O)O)nc1OC. The van der Waals surface area contributed by atoms with Crippen LogP contribution in [0.15, 0.2) is 6.20 Å². The maximum atomic E-state index is 8.48. The Kier molecular flexibility index (Phi) is 3.49. The van der Waals surface area contributed by atoms with Crippen molar-refractivity contribution in [2.45, 2.75) is 0 Å². The molecule has 7 nitrogen and oxygen atoms in total. The molecule has 76 valence electrons. The van der Waals surface area contributed by atoms with Crippen molar-refractivity contribution in [3.05, 3.63) is 6.20 Å². The lowest BCUT2D eigenvalue weighted by molar-refractivity contribution is 0.271. The predicted molar refractivity (Wildman–Crippen MR) is 46.0 cm³/mol. The minimum atomic E-state index is -1.96. The summed E-state index contributed by atoms with van der Waals surface area (Å²) >= 11 is 0. The second kappa shape index (κ2) is 4.63. The summed E-state index contributed by atoms with van der Waals surface area (Å²) in [5.41, 5.74) is 0. The third-order valence-electron chi connectivity index (χ3n) is 1.32. The summed E-state index contributed by atoms with van der Waals surface area (Å²) < 4.78 is 14.1. The second-order valence-corrected chi connectivity index (χ2v) is 2.17. The van der Waals surface area contributed by atoms with Crippen LogP contribution in [0.25, 0.3) is 0 Å². The third-order valence-corrected chi connectivity index (χ3v) is 1.32. The summed E-state index contributed by atoms with van der Waals surface area (Å²) in [6, 6.07) is -0.211. The van der Waals surface area contributed by atoms with Crippen molar-refractivity contribution in [2.24, 2.45) is 0 Å². The number of nitrogens with zero attached hydrogens (tertiary/aromatic N) is 2. The van der Waals surface area contributed by atoms with Crippen LogP contribution in [0.4, 0.5) is 0 Å². The van der Waals surface area contributed by atoms with E-state index in [-0.39, 0.29) is 11.9 Å². The molecule has 0 aliphatic rings. The zero-order valence-corrected chi connectivity index (χ0v) is 7.67. The average Bonchev–Trinajstić information content (AvgIpc) is 2.16. The van der Waals surface area contributed by atoms with Crippen molar-refractivity contribution in [1.82, 2.24) is 9.97 Å². The predicted octanol–water partition coefficient (Wildman–Crippen LogP) is -1.16. The van der Waals surface area contributed by atoms with E-state index in [0.717, 1.165) is 0 Å². The molecule has 0 bridgehead atoms. The lowest BCUT2D eigenvalue weighted by atomic mass is 10.3. The first-order valence-corrected chi connectivity index (χ1v) is 3.65. The molecular weight excluding hydrogens is 191 g/mol. The third kappa shape index (κ3) is 2.47. The summed E-state index contributed by atoms with van der Waals surface area (Å²) in [5, 5.41) is 17.0. The molecule has 8 heteroatoms. The van der Waals surface area contributed by atoms with Crippen molar-refractivity contribution in [2.75, 3.05) is 14.2 Å². The normalized spacial score (nSPS) is 9.43. The smallest absolute Gasteiger partial charge is 0.490 e. The summed E-state index contributed by atoms with van der Waals surface area (Å²) in [4.78, 5) is 7.34. The van der Waals surface area contributed by atoms with Crippen LogP contribution in [0.2, 0.25) is 0 Å². The molecule has 0 fully saturated rings. The van der Waals surface area contributed by atoms with Gasteiger partial charge in [-0.05, 0) is 0 Å². The van der Waals surface area contributed by atoms with Crippen molar-refractivity contribution in [1.29, 1.82) is 0 Å². The molecule has 0 spiro atoms. The van der Waals surface area contributed by atoms with Gasteiger partial charge in [0.1, 0.15) is 0 Å². The molecule has 0 aliphatic heterocycles. The van der Waals surface area contributed by atoms with E-state index < -0.39 is 7.32 Å². The summed E-state index contributed by atoms with van der Waals surface area (Å²) in [5.74, 6) is 0.477. The van der Waals surface area contributed by atoms with E-state index in [2.05, 4.69) is 14.6 Å². The molecule has 1 heterocycles. The van der Waals surface area contributed by atoms with Gasteiger partial charge in [0.05, 0.1) is 20.4 Å². The van der Waals surface area contributed by atoms with Gasteiger partial charge >= 0.3 is 13.3 Å². The largest absolute Gasteiger partial charge is 0.709 e. The molecule has 0 amide bonds. The molecule has 0 saturated heterocycles. The van der Waals surface area contributed by atoms with E-state index >= 15 is 0 Å². The highest BCUT2D eigenvalue weighted by Gasteiger charge is 2.15. The maximum absolute atomic E-state index is 8.48. The van der Waals surface area contributed by atoms with Gasteiger partial charge in [-0.3, -0.25) is 0 Å². The second-order valence-electron chi connectivity index (χ2n) is 2.17. The molecule has 0 radical (unpaired) electrons. The topological polar surface area (TPSA) is 93.9 Å². The van der Waals surface area contributed by atoms with Gasteiger partial charge in [-0.15, -0.1) is 0 Å². The number of hydrogen-bond donors (Lipinski definition) is 2. The molecule has 1 aromatic heterocycles. The maximum Gasteiger partial charge on any atom is 0.709 e. The number of methoxy groups -OCH3 is 2. The number of ether oxygens (including phenoxy) is 2. The molecule has 14 heavy (non-hydrogen) atoms. The minimum absolute atomic E-state index is 0.151. The van der Waals surface area contributed by atoms with Gasteiger partial charge in [-0.1, -0.05) is 0 Å². The minimum Gasteiger partial charge on any atom is -0.490 e. The lowest BCUT2D eigenvalue weighted by Crippen LogP contribution is -2.22. The highest BCUT2D eigenvalue weighted by Crippen LogP contribution is 2.24. The number of hydrogen-bond acceptors (Lipinski definition) is 7. The van der Waals surface area contributed by atoms with Crippen LogP contribution >= 0.6 is 0 Å². The Hall–Kier alpha value is -1.54. The summed E-state index contributed by atoms with van der Waals surface area (Å²) in [6.45, 7) is 0. The van der Waals surface area contributed by atoms with E-state index in [9.17, 15) is 0 Å². The van der Waals surface area contributed by atoms with Crippen LogP contribution in [-0.4, -0.2) is 41.6 Å². The Morgan fingerprint density at radius 3 is 2.50 bits per heavy atom. The Morgan fingerprint density at radius 2 is 2.00 bits per heavy atom. The molecule has 0 saturated carbocycles. The van der Waals surface area contributed by atoms with Gasteiger partial charge in [-0.2, -0.15) is 4.98 Å². The molecule has 0 atom stereocenters. The zero-order valence-electron chi connectivity index (χ0n) is 7.67. The van der Waals surface area contributed by atoms with Gasteiger partial charge in [0, 0.05) is 0 Å². The molecule has 0 unspecified atom stereocenters. The molecular formula is C6H9BN2O5. The molecule has 0 aliphatic carbocycles. The molecule has 2 N–H and O–H groups in total. The van der Waals surface area contributed by atoms with Crippen molar-refractivity contribution in [3.63, 3.8) is 0 Å². The number of rotatable bonds is 4. The van der Waals surface area contributed by atoms with E-state index in [1.165, 1.54) is 20.4 Å². The average molecular weight is 200 g/mol. The quantitative estimate of drug-likeness (QED) is 0.592. The Bertz CT molecular complexity index is 308. The monoisotopic (exact) mass is 200 g/mol. The van der Waals surface area contributed by atoms with E-state index in [1.807, 2.05) is 0 Å². The Morgan fingerprint density at radius 1 is 1.29 bits per heavy atom. The van der Waals surface area contributed by atoms with Crippen LogP contribution in [0.3, 0.4) is 0 Å². The fourth-order valence-corrected chi connectivity index (χ4v) is 0.777. The van der Waals surface area contributed by atoms with Crippen molar-refractivity contribution >= 4 is 7.32 Å². The summed E-state index contributed by atoms with van der Waals surface area (Å²) in [7, 11) is 0.861. The Labute approximate surface area is 80.5 Å². The van der Waals surface area contributed by atoms with E-state index in [1.54, 1.807) is 0 Å². The van der Waals surface area contributed by atoms with Crippen molar-refractivity contribution in [3.8, 4) is 17.6 Å². The van der Waals surface area contributed by atoms with Gasteiger partial charge < -0.3 is 24.2 Å². The standard InChI is InChI=1S/C6H9BN2O5/c1-12-4-3-8-6(14-7(10)11)9-5(4)13-2/h3,10-11H,1-2H3. The first-order chi connectivity index (χ1) is 6.67. The summed E-state index contributed by atoms with van der Waals surface area (Å²) in [6.07, 6.45) is 1.30. The van der Waals surface area contributed by atoms with Crippen LogP contribution in [0, 0.1) is 0 Å². The van der Waals surface area contributed by atoms with E-state index in [4.69, 9.17) is 19.5 Å². The number of aromatic nitrogens is 2. The fourth-order valence-electron chi connectivity index (χ4n) is 0.777. The van der Waals surface area contributed by atoms with Crippen molar-refractivity contribution < 1.29 is 24.2 Å². The van der Waals surface area contributed by atoms with E-state index in [0.29, 0.717) is 5.75 Å². The van der Waals surface area contributed by atoms with Crippen LogP contribution in [0.5, 0.6) is 17.6 Å². The fraction of sp³-hybridized carbons (Fsp3) is 0.333. The molecule has 1 rings (SSSR count). The Balaban J connectivity index is 2.89. The van der Waals surface area contributed by atoms with Gasteiger partial charge in [0.15, 0.2) is 5.75 Å². The highest BCUT2D eigenvalue weighted by atomic mass is 16.6. The zero-order chi connectivity index (χ0) is 10.6. The highest BCUT2D eigenvalue weighted by molar-refractivity contribution is 6.33.